The quantitative estimate of drug-likeness (QED) is 0.747. The molecule has 0 saturated carbocycles. The van der Waals surface area contributed by atoms with Crippen LogP contribution in [0.5, 0.6) is 0 Å². The molecule has 3 aliphatic rings. The fourth-order valence-corrected chi connectivity index (χ4v) is 5.70. The van der Waals surface area contributed by atoms with E-state index in [4.69, 9.17) is 9.98 Å². The van der Waals surface area contributed by atoms with Crippen molar-refractivity contribution in [3.8, 4) is 0 Å². The van der Waals surface area contributed by atoms with Crippen molar-refractivity contribution in [3.05, 3.63) is 65.5 Å². The molecule has 2 aromatic rings. The van der Waals surface area contributed by atoms with E-state index in [2.05, 4.69) is 16.8 Å². The minimum absolute atomic E-state index is 0.0862. The van der Waals surface area contributed by atoms with Gasteiger partial charge < -0.3 is 0 Å². The Morgan fingerprint density at radius 2 is 1.93 bits per heavy atom. The molecule has 0 spiro atoms. The maximum Gasteiger partial charge on any atom is 0.131 e. The lowest BCUT2D eigenvalue weighted by Gasteiger charge is -2.35. The standard InChI is InChI=1S/C22H22F2N4S/c1-13-21(27-22(29-13)15-4-3-8-25-11-15)28-9-7-14-10-18(26-19(14)12-28)20-16(23)5-2-6-17(20)24/h2-6,8,11,13-14,18,21H,7,9-10,12H2,1H3. The van der Waals surface area contributed by atoms with Crippen molar-refractivity contribution in [1.29, 1.82) is 0 Å². The van der Waals surface area contributed by atoms with E-state index < -0.39 is 17.7 Å². The molecule has 1 saturated heterocycles. The summed E-state index contributed by atoms with van der Waals surface area (Å²) < 4.78 is 28.4. The van der Waals surface area contributed by atoms with Gasteiger partial charge in [0.2, 0.25) is 0 Å². The number of benzene rings is 1. The minimum atomic E-state index is -0.499. The molecule has 5 rings (SSSR count). The molecule has 0 N–H and O–H groups in total. The van der Waals surface area contributed by atoms with E-state index in [0.29, 0.717) is 17.6 Å². The summed E-state index contributed by atoms with van der Waals surface area (Å²) >= 11 is 1.78. The van der Waals surface area contributed by atoms with E-state index in [0.717, 1.165) is 35.8 Å². The summed E-state index contributed by atoms with van der Waals surface area (Å²) in [5, 5.41) is 1.36. The number of rotatable bonds is 3. The first-order valence-corrected chi connectivity index (χ1v) is 10.9. The number of hydrogen-bond acceptors (Lipinski definition) is 5. The summed E-state index contributed by atoms with van der Waals surface area (Å²) in [5.41, 5.74) is 2.23. The summed E-state index contributed by atoms with van der Waals surface area (Å²) in [6.07, 6.45) is 5.35. The molecule has 0 radical (unpaired) electrons. The number of fused-ring (bicyclic) bond motifs is 1. The van der Waals surface area contributed by atoms with E-state index in [1.54, 1.807) is 18.0 Å². The van der Waals surface area contributed by atoms with Crippen LogP contribution in [0.25, 0.3) is 0 Å². The Hall–Kier alpha value is -2.12. The number of pyridine rings is 1. The number of piperidine rings is 1. The van der Waals surface area contributed by atoms with Crippen molar-refractivity contribution >= 4 is 22.5 Å². The molecule has 4 unspecified atom stereocenters. The smallest absolute Gasteiger partial charge is 0.131 e. The Morgan fingerprint density at radius 3 is 2.69 bits per heavy atom. The van der Waals surface area contributed by atoms with Gasteiger partial charge in [0.25, 0.3) is 0 Å². The highest BCUT2D eigenvalue weighted by molar-refractivity contribution is 8.15. The maximum absolute atomic E-state index is 14.2. The largest absolute Gasteiger partial charge is 0.284 e. The van der Waals surface area contributed by atoms with Crippen LogP contribution in [0.1, 0.15) is 36.9 Å². The van der Waals surface area contributed by atoms with Gasteiger partial charge in [0, 0.05) is 53.5 Å². The summed E-state index contributed by atoms with van der Waals surface area (Å²) in [7, 11) is 0. The van der Waals surface area contributed by atoms with Crippen molar-refractivity contribution < 1.29 is 8.78 Å². The first-order chi connectivity index (χ1) is 14.1. The number of nitrogens with zero attached hydrogens (tertiary/aromatic N) is 4. The molecular weight excluding hydrogens is 390 g/mol. The van der Waals surface area contributed by atoms with Gasteiger partial charge >= 0.3 is 0 Å². The zero-order valence-corrected chi connectivity index (χ0v) is 16.9. The van der Waals surface area contributed by atoms with Crippen LogP contribution in [0.2, 0.25) is 0 Å². The topological polar surface area (TPSA) is 40.9 Å². The second-order valence-corrected chi connectivity index (χ2v) is 9.24. The number of thioether (sulfide) groups is 1. The second-order valence-electron chi connectivity index (χ2n) is 7.88. The molecule has 1 aromatic heterocycles. The molecule has 0 bridgehead atoms. The van der Waals surface area contributed by atoms with Crippen LogP contribution in [0.4, 0.5) is 8.78 Å². The molecule has 4 heterocycles. The lowest BCUT2D eigenvalue weighted by atomic mass is 9.90. The van der Waals surface area contributed by atoms with Gasteiger partial charge in [-0.15, -0.1) is 0 Å². The molecule has 7 heteroatoms. The Balaban J connectivity index is 1.36. The van der Waals surface area contributed by atoms with Gasteiger partial charge in [-0.05, 0) is 44.0 Å². The molecular formula is C22H22F2N4S. The molecule has 4 atom stereocenters. The fraction of sp³-hybridized carbons (Fsp3) is 0.409. The van der Waals surface area contributed by atoms with Crippen molar-refractivity contribution in [1.82, 2.24) is 9.88 Å². The van der Waals surface area contributed by atoms with Gasteiger partial charge in [0.05, 0.1) is 6.04 Å². The number of hydrogen-bond donors (Lipinski definition) is 0. The maximum atomic E-state index is 14.2. The predicted octanol–water partition coefficient (Wildman–Crippen LogP) is 4.48. The summed E-state index contributed by atoms with van der Waals surface area (Å²) in [6.45, 7) is 3.84. The van der Waals surface area contributed by atoms with Gasteiger partial charge in [0.15, 0.2) is 0 Å². The molecule has 29 heavy (non-hydrogen) atoms. The van der Waals surface area contributed by atoms with Gasteiger partial charge in [-0.1, -0.05) is 17.8 Å². The molecule has 1 aromatic carbocycles. The predicted molar refractivity (Wildman–Crippen MR) is 112 cm³/mol. The third kappa shape index (κ3) is 3.51. The van der Waals surface area contributed by atoms with Crippen LogP contribution in [0.15, 0.2) is 52.7 Å². The number of aromatic nitrogens is 1. The molecule has 0 aliphatic carbocycles. The zero-order valence-electron chi connectivity index (χ0n) is 16.1. The van der Waals surface area contributed by atoms with Gasteiger partial charge in [-0.3, -0.25) is 19.9 Å². The Morgan fingerprint density at radius 1 is 1.10 bits per heavy atom. The van der Waals surface area contributed by atoms with Crippen LogP contribution in [0.3, 0.4) is 0 Å². The van der Waals surface area contributed by atoms with E-state index >= 15 is 0 Å². The van der Waals surface area contributed by atoms with Crippen LogP contribution in [-0.2, 0) is 0 Å². The van der Waals surface area contributed by atoms with Crippen LogP contribution in [0, 0.1) is 17.6 Å². The number of aliphatic imine (C=N–C) groups is 2. The van der Waals surface area contributed by atoms with Crippen molar-refractivity contribution in [2.75, 3.05) is 13.1 Å². The Labute approximate surface area is 173 Å². The van der Waals surface area contributed by atoms with Crippen LogP contribution < -0.4 is 0 Å². The second kappa shape index (κ2) is 7.61. The van der Waals surface area contributed by atoms with Gasteiger partial charge in [0.1, 0.15) is 22.8 Å². The number of halogens is 2. The van der Waals surface area contributed by atoms with E-state index in [9.17, 15) is 8.78 Å². The zero-order chi connectivity index (χ0) is 20.0. The van der Waals surface area contributed by atoms with Crippen molar-refractivity contribution in [2.45, 2.75) is 37.2 Å². The average molecular weight is 413 g/mol. The van der Waals surface area contributed by atoms with Crippen molar-refractivity contribution in [2.24, 2.45) is 15.9 Å². The van der Waals surface area contributed by atoms with Crippen molar-refractivity contribution in [3.63, 3.8) is 0 Å². The fourth-order valence-electron chi connectivity index (χ4n) is 4.57. The first kappa shape index (κ1) is 18.9. The SMILES string of the molecule is CC1SC(c2cccnc2)=NC1N1CCC2CC(c3c(F)cccc3F)N=C2C1. The molecule has 150 valence electrons. The molecule has 1 fully saturated rings. The summed E-state index contributed by atoms with van der Waals surface area (Å²) in [6, 6.07) is 7.59. The highest BCUT2D eigenvalue weighted by atomic mass is 32.2. The summed E-state index contributed by atoms with van der Waals surface area (Å²) in [4.78, 5) is 16.3. The molecule has 0 amide bonds. The molecule has 4 nitrogen and oxygen atoms in total. The minimum Gasteiger partial charge on any atom is -0.284 e. The Bertz CT molecular complexity index is 958. The highest BCUT2D eigenvalue weighted by Crippen LogP contribution is 2.40. The van der Waals surface area contributed by atoms with Gasteiger partial charge in [-0.2, -0.15) is 0 Å². The third-order valence-electron chi connectivity index (χ3n) is 6.01. The first-order valence-electron chi connectivity index (χ1n) is 9.99. The number of likely N-dealkylation sites (tertiary alicyclic amines) is 1. The average Bonchev–Trinajstić information content (AvgIpc) is 3.31. The van der Waals surface area contributed by atoms with E-state index in [1.807, 2.05) is 18.3 Å². The van der Waals surface area contributed by atoms with Crippen LogP contribution in [-0.4, -0.2) is 45.1 Å². The normalized spacial score (nSPS) is 29.5. The van der Waals surface area contributed by atoms with Gasteiger partial charge in [-0.25, -0.2) is 8.78 Å². The highest BCUT2D eigenvalue weighted by Gasteiger charge is 2.40. The van der Waals surface area contributed by atoms with Crippen LogP contribution >= 0.6 is 11.8 Å². The van der Waals surface area contributed by atoms with E-state index in [-0.39, 0.29) is 11.7 Å². The van der Waals surface area contributed by atoms with E-state index in [1.165, 1.54) is 18.2 Å². The monoisotopic (exact) mass is 412 g/mol. The molecule has 3 aliphatic heterocycles. The lowest BCUT2D eigenvalue weighted by molar-refractivity contribution is 0.203. The summed E-state index contributed by atoms with van der Waals surface area (Å²) in [5.74, 6) is -0.691. The third-order valence-corrected chi connectivity index (χ3v) is 7.19. The lowest BCUT2D eigenvalue weighted by Crippen LogP contribution is -2.47. The Kier molecular flexibility index (Phi) is 4.95.